The predicted molar refractivity (Wildman–Crippen MR) is 83.7 cm³/mol. The van der Waals surface area contributed by atoms with Gasteiger partial charge in [0.15, 0.2) is 5.78 Å². The van der Waals surface area contributed by atoms with E-state index < -0.39 is 0 Å². The molecule has 0 saturated heterocycles. The Balaban J connectivity index is 1.95. The van der Waals surface area contributed by atoms with Gasteiger partial charge >= 0.3 is 0 Å². The maximum Gasteiger partial charge on any atom is 0.173 e. The fraction of sp³-hybridized carbons (Fsp3) is 0.235. The summed E-state index contributed by atoms with van der Waals surface area (Å²) in [5.74, 6) is 1.34. The maximum absolute atomic E-state index is 12.2. The number of Topliss-reactive ketones (excluding diaryl/α,β-unsaturated/α-hetero) is 1. The molecule has 0 fully saturated rings. The first-order valence-electron chi connectivity index (χ1n) is 6.73. The van der Waals surface area contributed by atoms with Crippen molar-refractivity contribution in [2.45, 2.75) is 18.2 Å². The van der Waals surface area contributed by atoms with Gasteiger partial charge in [0.1, 0.15) is 5.75 Å². The minimum absolute atomic E-state index is 0.126. The number of hydrogen-bond donors (Lipinski definition) is 0. The van der Waals surface area contributed by atoms with Crippen molar-refractivity contribution in [3.05, 3.63) is 60.2 Å². The molecule has 0 aliphatic rings. The Morgan fingerprint density at radius 1 is 1.10 bits per heavy atom. The molecule has 2 rings (SSSR count). The zero-order valence-electron chi connectivity index (χ0n) is 11.5. The van der Waals surface area contributed by atoms with Gasteiger partial charge in [0.05, 0.1) is 12.4 Å². The highest BCUT2D eigenvalue weighted by Crippen LogP contribution is 2.20. The van der Waals surface area contributed by atoms with E-state index in [1.807, 2.05) is 54.6 Å². The van der Waals surface area contributed by atoms with E-state index in [-0.39, 0.29) is 5.78 Å². The molecule has 2 aromatic rings. The molecule has 2 nitrogen and oxygen atoms in total. The van der Waals surface area contributed by atoms with E-state index in [1.54, 1.807) is 11.8 Å². The summed E-state index contributed by atoms with van der Waals surface area (Å²) in [6, 6.07) is 17.4. The average Bonchev–Trinajstić information content (AvgIpc) is 2.52. The molecular weight excluding hydrogens is 268 g/mol. The van der Waals surface area contributed by atoms with Crippen molar-refractivity contribution in [2.75, 3.05) is 12.4 Å². The maximum atomic E-state index is 12.2. The van der Waals surface area contributed by atoms with Crippen LogP contribution < -0.4 is 4.74 Å². The molecule has 2 aromatic carbocycles. The monoisotopic (exact) mass is 286 g/mol. The number of rotatable bonds is 7. The van der Waals surface area contributed by atoms with Crippen molar-refractivity contribution < 1.29 is 9.53 Å². The molecule has 104 valence electrons. The third-order valence-corrected chi connectivity index (χ3v) is 3.75. The summed E-state index contributed by atoms with van der Waals surface area (Å²) in [6.45, 7) is 2.74. The van der Waals surface area contributed by atoms with Crippen LogP contribution in [0.2, 0.25) is 0 Å². The molecule has 3 heteroatoms. The molecule has 0 amide bonds. The summed E-state index contributed by atoms with van der Waals surface area (Å²) in [6.07, 6.45) is 0.960. The van der Waals surface area contributed by atoms with Gasteiger partial charge in [-0.15, -0.1) is 11.8 Å². The second-order valence-corrected chi connectivity index (χ2v) is 5.45. The van der Waals surface area contributed by atoms with Gasteiger partial charge in [-0.25, -0.2) is 0 Å². The highest BCUT2D eigenvalue weighted by molar-refractivity contribution is 8.00. The Kier molecular flexibility index (Phi) is 5.69. The van der Waals surface area contributed by atoms with Gasteiger partial charge in [-0.1, -0.05) is 37.3 Å². The normalized spacial score (nSPS) is 10.2. The first kappa shape index (κ1) is 14.7. The minimum atomic E-state index is 0.126. The predicted octanol–water partition coefficient (Wildman–Crippen LogP) is 4.45. The van der Waals surface area contributed by atoms with Gasteiger partial charge in [0.25, 0.3) is 0 Å². The van der Waals surface area contributed by atoms with Crippen LogP contribution in [0, 0.1) is 0 Å². The number of hydrogen-bond acceptors (Lipinski definition) is 3. The van der Waals surface area contributed by atoms with E-state index >= 15 is 0 Å². The molecule has 0 unspecified atom stereocenters. The van der Waals surface area contributed by atoms with Crippen LogP contribution in [0.1, 0.15) is 23.7 Å². The van der Waals surface area contributed by atoms with Crippen molar-refractivity contribution in [1.29, 1.82) is 0 Å². The van der Waals surface area contributed by atoms with Crippen LogP contribution in [0.4, 0.5) is 0 Å². The Morgan fingerprint density at radius 2 is 1.90 bits per heavy atom. The van der Waals surface area contributed by atoms with E-state index in [0.29, 0.717) is 17.9 Å². The summed E-state index contributed by atoms with van der Waals surface area (Å²) in [5, 5.41) is 0. The molecular formula is C17H18O2S. The van der Waals surface area contributed by atoms with Gasteiger partial charge in [0, 0.05) is 10.5 Å². The van der Waals surface area contributed by atoms with Gasteiger partial charge in [-0.3, -0.25) is 4.79 Å². The van der Waals surface area contributed by atoms with Crippen LogP contribution in [-0.4, -0.2) is 18.1 Å². The lowest BCUT2D eigenvalue weighted by molar-refractivity contribution is 0.102. The zero-order chi connectivity index (χ0) is 14.2. The van der Waals surface area contributed by atoms with Crippen LogP contribution in [-0.2, 0) is 0 Å². The number of ether oxygens (including phenoxy) is 1. The Bertz CT molecular complexity index is 552. The number of ketones is 1. The second-order valence-electron chi connectivity index (χ2n) is 4.40. The van der Waals surface area contributed by atoms with Gasteiger partial charge in [-0.05, 0) is 30.7 Å². The van der Waals surface area contributed by atoms with E-state index in [9.17, 15) is 4.79 Å². The van der Waals surface area contributed by atoms with Crippen LogP contribution in [0.15, 0.2) is 59.5 Å². The minimum Gasteiger partial charge on any atom is -0.494 e. The molecule has 20 heavy (non-hydrogen) atoms. The second kappa shape index (κ2) is 7.75. The topological polar surface area (TPSA) is 26.3 Å². The molecule has 0 saturated carbocycles. The van der Waals surface area contributed by atoms with Gasteiger partial charge in [0.2, 0.25) is 0 Å². The molecule has 0 atom stereocenters. The summed E-state index contributed by atoms with van der Waals surface area (Å²) < 4.78 is 5.55. The SMILES string of the molecule is CCCOc1cccc(C(=O)CSc2ccccc2)c1. The fourth-order valence-electron chi connectivity index (χ4n) is 1.73. The quantitative estimate of drug-likeness (QED) is 0.555. The number of benzene rings is 2. The highest BCUT2D eigenvalue weighted by Gasteiger charge is 2.07. The molecule has 0 aromatic heterocycles. The van der Waals surface area contributed by atoms with E-state index in [1.165, 1.54) is 0 Å². The van der Waals surface area contributed by atoms with Gasteiger partial charge in [-0.2, -0.15) is 0 Å². The molecule has 0 bridgehead atoms. The summed E-state index contributed by atoms with van der Waals surface area (Å²) >= 11 is 1.56. The van der Waals surface area contributed by atoms with Crippen LogP contribution in [0.5, 0.6) is 5.75 Å². The lowest BCUT2D eigenvalue weighted by Crippen LogP contribution is -2.03. The zero-order valence-corrected chi connectivity index (χ0v) is 12.4. The van der Waals surface area contributed by atoms with Crippen molar-refractivity contribution in [1.82, 2.24) is 0 Å². The number of carbonyl (C=O) groups excluding carboxylic acids is 1. The lowest BCUT2D eigenvalue weighted by atomic mass is 10.1. The molecule has 0 N–H and O–H groups in total. The first-order valence-corrected chi connectivity index (χ1v) is 7.72. The van der Waals surface area contributed by atoms with Crippen LogP contribution in [0.3, 0.4) is 0 Å². The molecule has 0 radical (unpaired) electrons. The van der Waals surface area contributed by atoms with Crippen molar-refractivity contribution in [2.24, 2.45) is 0 Å². The first-order chi connectivity index (χ1) is 9.79. The summed E-state index contributed by atoms with van der Waals surface area (Å²) in [4.78, 5) is 13.3. The third-order valence-electron chi connectivity index (χ3n) is 2.74. The van der Waals surface area contributed by atoms with Crippen molar-refractivity contribution in [3.63, 3.8) is 0 Å². The molecule has 0 heterocycles. The molecule has 0 spiro atoms. The van der Waals surface area contributed by atoms with Crippen LogP contribution >= 0.6 is 11.8 Å². The summed E-state index contributed by atoms with van der Waals surface area (Å²) in [7, 11) is 0. The fourth-order valence-corrected chi connectivity index (χ4v) is 2.54. The standard InChI is InChI=1S/C17H18O2S/c1-2-11-19-15-8-6-7-14(12-15)17(18)13-20-16-9-4-3-5-10-16/h3-10,12H,2,11,13H2,1H3. The van der Waals surface area contributed by atoms with E-state index in [4.69, 9.17) is 4.74 Å². The largest absolute Gasteiger partial charge is 0.494 e. The molecule has 0 aliphatic carbocycles. The number of thioether (sulfide) groups is 1. The Labute approximate surface area is 124 Å². The van der Waals surface area contributed by atoms with Crippen molar-refractivity contribution in [3.8, 4) is 5.75 Å². The van der Waals surface area contributed by atoms with Crippen LogP contribution in [0.25, 0.3) is 0 Å². The summed E-state index contributed by atoms with van der Waals surface area (Å²) in [5.41, 5.74) is 0.710. The van der Waals surface area contributed by atoms with Gasteiger partial charge < -0.3 is 4.74 Å². The third kappa shape index (κ3) is 4.42. The smallest absolute Gasteiger partial charge is 0.173 e. The average molecular weight is 286 g/mol. The highest BCUT2D eigenvalue weighted by atomic mass is 32.2. The van der Waals surface area contributed by atoms with E-state index in [0.717, 1.165) is 17.1 Å². The Morgan fingerprint density at radius 3 is 2.65 bits per heavy atom. The van der Waals surface area contributed by atoms with E-state index in [2.05, 4.69) is 6.92 Å². The van der Waals surface area contributed by atoms with Crippen molar-refractivity contribution >= 4 is 17.5 Å². The Hall–Kier alpha value is -1.74. The lowest BCUT2D eigenvalue weighted by Gasteiger charge is -2.06. The molecule has 0 aliphatic heterocycles. The number of carbonyl (C=O) groups is 1.